The van der Waals surface area contributed by atoms with Crippen molar-refractivity contribution in [3.63, 3.8) is 0 Å². The minimum Gasteiger partial charge on any atom is -0.394 e. The summed E-state index contributed by atoms with van der Waals surface area (Å²) in [6.45, 7) is 17.2. The molecule has 0 radical (unpaired) electrons. The maximum Gasteiger partial charge on any atom is 0.243 e. The Kier molecular flexibility index (Phi) is 12.6. The molecule has 9 heteroatoms. The number of hydrogen-bond acceptors (Lipinski definition) is 6. The van der Waals surface area contributed by atoms with Gasteiger partial charge in [0.2, 0.25) is 11.8 Å². The van der Waals surface area contributed by atoms with Crippen LogP contribution < -0.4 is 5.32 Å². The molecule has 0 spiro atoms. The summed E-state index contributed by atoms with van der Waals surface area (Å²) in [6, 6.07) is 4.46. The van der Waals surface area contributed by atoms with Crippen LogP contribution in [0.15, 0.2) is 24.4 Å². The third-order valence-corrected chi connectivity index (χ3v) is 7.38. The highest BCUT2D eigenvalue weighted by atomic mass is 16.5. The number of fused-ring (bicyclic) bond motifs is 1. The van der Waals surface area contributed by atoms with Gasteiger partial charge in [-0.25, -0.2) is 0 Å². The van der Waals surface area contributed by atoms with E-state index in [1.807, 2.05) is 78.3 Å². The number of likely N-dealkylation sites (tertiary alicyclic amines) is 1. The fourth-order valence-corrected chi connectivity index (χ4v) is 5.02. The highest BCUT2D eigenvalue weighted by Crippen LogP contribution is 2.36. The Morgan fingerprint density at radius 1 is 1.10 bits per heavy atom. The number of nitrogens with zero attached hydrogens (tertiary/aromatic N) is 3. The largest absolute Gasteiger partial charge is 0.394 e. The number of aliphatic hydroxyl groups is 2. The maximum absolute atomic E-state index is 13.3. The molecule has 4 rings (SSSR count). The number of aryl methyl sites for hydroxylation is 1. The Labute approximate surface area is 233 Å². The first kappa shape index (κ1) is 32.5. The molecule has 2 aliphatic rings. The van der Waals surface area contributed by atoms with Crippen LogP contribution in [0.4, 0.5) is 0 Å². The molecule has 1 aromatic carbocycles. The lowest BCUT2D eigenvalue weighted by Gasteiger charge is -2.29. The van der Waals surface area contributed by atoms with Crippen LogP contribution in [0.5, 0.6) is 0 Å². The molecule has 39 heavy (non-hydrogen) atoms. The van der Waals surface area contributed by atoms with Crippen LogP contribution in [0.2, 0.25) is 0 Å². The lowest BCUT2D eigenvalue weighted by atomic mass is 9.92. The Morgan fingerprint density at radius 2 is 1.77 bits per heavy atom. The van der Waals surface area contributed by atoms with E-state index in [0.29, 0.717) is 13.2 Å². The average Bonchev–Trinajstić information content (AvgIpc) is 3.72. The van der Waals surface area contributed by atoms with E-state index in [2.05, 4.69) is 10.4 Å². The Hall–Kier alpha value is -2.75. The van der Waals surface area contributed by atoms with Crippen LogP contribution in [-0.2, 0) is 34.1 Å². The van der Waals surface area contributed by atoms with Crippen molar-refractivity contribution >= 4 is 11.8 Å². The number of carbonyl (C=O) groups is 2. The number of aromatic nitrogens is 2. The minimum atomic E-state index is -0.768. The fourth-order valence-electron chi connectivity index (χ4n) is 5.02. The van der Waals surface area contributed by atoms with Crippen LogP contribution in [-0.4, -0.2) is 62.0 Å². The number of β-amino-alcohol motifs (C(OH)–C–C–N with tert-alkyl or cyclic N) is 1. The van der Waals surface area contributed by atoms with E-state index in [4.69, 9.17) is 4.74 Å². The number of benzene rings is 1. The quantitative estimate of drug-likeness (QED) is 0.462. The molecule has 218 valence electrons. The number of rotatable bonds is 8. The fraction of sp³-hybridized carbons (Fsp3) is 0.633. The monoisotopic (exact) mass is 544 g/mol. The number of carbonyl (C=O) groups excluding carboxylic acids is 2. The van der Waals surface area contributed by atoms with Crippen molar-refractivity contribution in [2.45, 2.75) is 99.8 Å². The predicted molar refractivity (Wildman–Crippen MR) is 153 cm³/mol. The molecule has 2 amide bonds. The molecular formula is C30H48N4O5. The first-order valence-electron chi connectivity index (χ1n) is 14.4. The Balaban J connectivity index is 0.00000127. The minimum absolute atomic E-state index is 0.124. The maximum atomic E-state index is 13.3. The number of amides is 2. The third kappa shape index (κ3) is 7.07. The molecule has 0 bridgehead atoms. The summed E-state index contributed by atoms with van der Waals surface area (Å²) in [4.78, 5) is 27.8. The van der Waals surface area contributed by atoms with E-state index in [0.717, 1.165) is 34.5 Å². The second-order valence-electron chi connectivity index (χ2n) is 9.86. The second-order valence-corrected chi connectivity index (χ2v) is 9.86. The molecule has 0 saturated carbocycles. The van der Waals surface area contributed by atoms with E-state index in [1.54, 1.807) is 6.20 Å². The van der Waals surface area contributed by atoms with Gasteiger partial charge in [-0.3, -0.25) is 14.3 Å². The smallest absolute Gasteiger partial charge is 0.243 e. The standard InChI is InChI=1S/C26H36N4O5.2C2H6/c1-5-30-23(8-9-27-30)19-7-6-18(20-13-35-14-21(19)20)22(12-31)28-25(33)24-10-17(32)11-29(24)26(34)16(4)15(2)3;2*1-2/h6-9,15-17,22,24,31-32H,5,10-14H2,1-4H3,(H,28,33);2*1-2H3. The predicted octanol–water partition coefficient (Wildman–Crippen LogP) is 4.06. The van der Waals surface area contributed by atoms with Crippen molar-refractivity contribution in [1.82, 2.24) is 20.0 Å². The SMILES string of the molecule is CC.CC.CCn1nccc1-c1ccc(C(CO)NC(=O)C2CC(O)CN2C(=O)C(C)C(C)C)c2c1COC2. The van der Waals surface area contributed by atoms with Crippen molar-refractivity contribution < 1.29 is 24.5 Å². The number of hydrogen-bond donors (Lipinski definition) is 3. The van der Waals surface area contributed by atoms with Gasteiger partial charge in [-0.05, 0) is 35.6 Å². The van der Waals surface area contributed by atoms with E-state index in [-0.39, 0.29) is 43.2 Å². The van der Waals surface area contributed by atoms with Gasteiger partial charge in [0.1, 0.15) is 6.04 Å². The van der Waals surface area contributed by atoms with Crippen molar-refractivity contribution in [3.8, 4) is 11.3 Å². The van der Waals surface area contributed by atoms with Crippen LogP contribution in [0.1, 0.15) is 84.5 Å². The Bertz CT molecular complexity index is 1080. The molecule has 3 N–H and O–H groups in total. The molecule has 9 nitrogen and oxygen atoms in total. The molecule has 4 unspecified atom stereocenters. The summed E-state index contributed by atoms with van der Waals surface area (Å²) in [6.07, 6.45) is 1.21. The van der Waals surface area contributed by atoms with Gasteiger partial charge in [0.25, 0.3) is 0 Å². The highest BCUT2D eigenvalue weighted by molar-refractivity contribution is 5.89. The van der Waals surface area contributed by atoms with E-state index >= 15 is 0 Å². The second kappa shape index (κ2) is 15.1. The van der Waals surface area contributed by atoms with Crippen molar-refractivity contribution in [2.24, 2.45) is 11.8 Å². The molecular weight excluding hydrogens is 496 g/mol. The summed E-state index contributed by atoms with van der Waals surface area (Å²) in [5.41, 5.74) is 4.81. The number of aliphatic hydroxyl groups excluding tert-OH is 2. The normalized spacial score (nSPS) is 19.4. The lowest BCUT2D eigenvalue weighted by Crippen LogP contribution is -2.49. The molecule has 2 aromatic rings. The number of nitrogens with one attached hydrogen (secondary N) is 1. The average molecular weight is 545 g/mol. The summed E-state index contributed by atoms with van der Waals surface area (Å²) in [7, 11) is 0. The van der Waals surface area contributed by atoms with Crippen LogP contribution in [0, 0.1) is 11.8 Å². The van der Waals surface area contributed by atoms with E-state index in [1.165, 1.54) is 4.90 Å². The summed E-state index contributed by atoms with van der Waals surface area (Å²) >= 11 is 0. The van der Waals surface area contributed by atoms with Gasteiger partial charge in [-0.2, -0.15) is 5.10 Å². The zero-order valence-electron chi connectivity index (χ0n) is 24.9. The van der Waals surface area contributed by atoms with Crippen molar-refractivity contribution in [3.05, 3.63) is 41.1 Å². The highest BCUT2D eigenvalue weighted by Gasteiger charge is 2.41. The van der Waals surface area contributed by atoms with Crippen LogP contribution >= 0.6 is 0 Å². The molecule has 1 fully saturated rings. The lowest BCUT2D eigenvalue weighted by molar-refractivity contribution is -0.142. The van der Waals surface area contributed by atoms with Crippen molar-refractivity contribution in [2.75, 3.05) is 13.2 Å². The van der Waals surface area contributed by atoms with E-state index in [9.17, 15) is 19.8 Å². The van der Waals surface area contributed by atoms with Gasteiger partial charge in [0, 0.05) is 37.2 Å². The van der Waals surface area contributed by atoms with Gasteiger partial charge in [-0.1, -0.05) is 60.6 Å². The van der Waals surface area contributed by atoms with Crippen LogP contribution in [0.3, 0.4) is 0 Å². The molecule has 0 aliphatic carbocycles. The van der Waals surface area contributed by atoms with Gasteiger partial charge < -0.3 is 25.2 Å². The summed E-state index contributed by atoms with van der Waals surface area (Å²) in [5.74, 6) is -0.637. The third-order valence-electron chi connectivity index (χ3n) is 7.38. The van der Waals surface area contributed by atoms with Gasteiger partial charge in [-0.15, -0.1) is 0 Å². The molecule has 1 aromatic heterocycles. The van der Waals surface area contributed by atoms with E-state index < -0.39 is 18.2 Å². The Morgan fingerprint density at radius 3 is 2.38 bits per heavy atom. The molecule has 4 atom stereocenters. The molecule has 3 heterocycles. The first-order chi connectivity index (χ1) is 18.8. The zero-order chi connectivity index (χ0) is 29.3. The zero-order valence-corrected chi connectivity index (χ0v) is 24.9. The molecule has 1 saturated heterocycles. The van der Waals surface area contributed by atoms with Crippen molar-refractivity contribution in [1.29, 1.82) is 0 Å². The summed E-state index contributed by atoms with van der Waals surface area (Å²) in [5, 5.41) is 27.8. The van der Waals surface area contributed by atoms with Gasteiger partial charge in [0.05, 0.1) is 37.7 Å². The first-order valence-corrected chi connectivity index (χ1v) is 14.4. The molecule has 2 aliphatic heterocycles. The van der Waals surface area contributed by atoms with Crippen LogP contribution in [0.25, 0.3) is 11.3 Å². The topological polar surface area (TPSA) is 117 Å². The van der Waals surface area contributed by atoms with Gasteiger partial charge >= 0.3 is 0 Å². The summed E-state index contributed by atoms with van der Waals surface area (Å²) < 4.78 is 7.69. The van der Waals surface area contributed by atoms with Gasteiger partial charge in [0.15, 0.2) is 0 Å². The number of ether oxygens (including phenoxy) is 1.